The molecule has 0 aliphatic carbocycles. The molecule has 2 heterocycles. The number of hydrazine groups is 1. The number of rotatable bonds is 6. The quantitative estimate of drug-likeness (QED) is 0.657. The predicted molar refractivity (Wildman–Crippen MR) is 115 cm³/mol. The van der Waals surface area contributed by atoms with Crippen LogP contribution in [-0.4, -0.2) is 57.0 Å². The van der Waals surface area contributed by atoms with Crippen LogP contribution in [0.1, 0.15) is 32.9 Å². The maximum absolute atomic E-state index is 12.6. The Kier molecular flexibility index (Phi) is 7.35. The number of likely N-dealkylation sites (tertiary alicyclic amines) is 1. The summed E-state index contributed by atoms with van der Waals surface area (Å²) in [5.41, 5.74) is 5.11. The minimum Gasteiger partial charge on any atom is -0.493 e. The van der Waals surface area contributed by atoms with Gasteiger partial charge in [0.05, 0.1) is 32.1 Å². The highest BCUT2D eigenvalue weighted by molar-refractivity contribution is 7.12. The van der Waals surface area contributed by atoms with E-state index in [0.717, 1.165) is 6.42 Å². The van der Waals surface area contributed by atoms with Crippen LogP contribution < -0.4 is 25.1 Å². The van der Waals surface area contributed by atoms with Crippen LogP contribution in [0.25, 0.3) is 0 Å². The number of methoxy groups -OCH3 is 3. The minimum absolute atomic E-state index is 0.0750. The fourth-order valence-corrected chi connectivity index (χ4v) is 4.13. The Labute approximate surface area is 184 Å². The Hall–Kier alpha value is -3.27. The van der Waals surface area contributed by atoms with Crippen molar-refractivity contribution in [1.82, 2.24) is 15.8 Å². The Morgan fingerprint density at radius 2 is 1.77 bits per heavy atom. The Morgan fingerprint density at radius 1 is 1.06 bits per heavy atom. The second kappa shape index (κ2) is 10.2. The molecule has 1 unspecified atom stereocenters. The molecular weight excluding hydrogens is 422 g/mol. The lowest BCUT2D eigenvalue weighted by atomic mass is 9.97. The van der Waals surface area contributed by atoms with Crippen molar-refractivity contribution in [1.29, 1.82) is 0 Å². The van der Waals surface area contributed by atoms with Gasteiger partial charge in [-0.25, -0.2) is 0 Å². The highest BCUT2D eigenvalue weighted by Gasteiger charge is 2.29. The molecule has 31 heavy (non-hydrogen) atoms. The molecule has 3 rings (SSSR count). The van der Waals surface area contributed by atoms with Crippen LogP contribution in [0.2, 0.25) is 0 Å². The summed E-state index contributed by atoms with van der Waals surface area (Å²) in [6.07, 6.45) is 1.36. The van der Waals surface area contributed by atoms with Gasteiger partial charge in [-0.05, 0) is 36.4 Å². The summed E-state index contributed by atoms with van der Waals surface area (Å²) in [6.45, 7) is 0.918. The van der Waals surface area contributed by atoms with E-state index in [1.807, 2.05) is 11.4 Å². The van der Waals surface area contributed by atoms with Gasteiger partial charge in [0.1, 0.15) is 0 Å². The zero-order valence-corrected chi connectivity index (χ0v) is 18.4. The van der Waals surface area contributed by atoms with Crippen LogP contribution in [0.15, 0.2) is 29.6 Å². The second-order valence-corrected chi connectivity index (χ2v) is 7.87. The first-order valence-electron chi connectivity index (χ1n) is 9.71. The third-order valence-corrected chi connectivity index (χ3v) is 5.90. The molecule has 1 aliphatic rings. The summed E-state index contributed by atoms with van der Waals surface area (Å²) in [6, 6.07) is 6.58. The maximum Gasteiger partial charge on any atom is 0.269 e. The van der Waals surface area contributed by atoms with Gasteiger partial charge in [0.25, 0.3) is 11.8 Å². The van der Waals surface area contributed by atoms with E-state index in [4.69, 9.17) is 14.2 Å². The molecule has 1 fully saturated rings. The van der Waals surface area contributed by atoms with Crippen molar-refractivity contribution in [3.8, 4) is 17.2 Å². The molecule has 2 N–H and O–H groups in total. The second-order valence-electron chi connectivity index (χ2n) is 6.93. The van der Waals surface area contributed by atoms with Gasteiger partial charge in [-0.1, -0.05) is 6.07 Å². The monoisotopic (exact) mass is 447 g/mol. The predicted octanol–water partition coefficient (Wildman–Crippen LogP) is 2.09. The van der Waals surface area contributed by atoms with Crippen molar-refractivity contribution in [2.75, 3.05) is 34.4 Å². The number of hydrogen-bond donors (Lipinski definition) is 2. The fourth-order valence-electron chi connectivity index (χ4n) is 3.44. The van der Waals surface area contributed by atoms with Crippen LogP contribution in [0, 0.1) is 5.92 Å². The number of thiophene rings is 1. The third kappa shape index (κ3) is 5.08. The summed E-state index contributed by atoms with van der Waals surface area (Å²) in [4.78, 5) is 40.0. The van der Waals surface area contributed by atoms with Crippen LogP contribution in [0.3, 0.4) is 0 Å². The summed E-state index contributed by atoms with van der Waals surface area (Å²) < 4.78 is 15.7. The fraction of sp³-hybridized carbons (Fsp3) is 0.381. The molecule has 0 spiro atoms. The van der Waals surface area contributed by atoms with E-state index in [-0.39, 0.29) is 17.4 Å². The van der Waals surface area contributed by atoms with Crippen LogP contribution in [0.4, 0.5) is 0 Å². The molecule has 1 aliphatic heterocycles. The van der Waals surface area contributed by atoms with E-state index in [0.29, 0.717) is 41.6 Å². The van der Waals surface area contributed by atoms with E-state index >= 15 is 0 Å². The lowest BCUT2D eigenvalue weighted by Crippen LogP contribution is -2.50. The number of nitrogens with one attached hydrogen (secondary N) is 2. The lowest BCUT2D eigenvalue weighted by molar-refractivity contribution is -0.127. The van der Waals surface area contributed by atoms with E-state index in [9.17, 15) is 14.4 Å². The number of piperidine rings is 1. The number of benzene rings is 1. The van der Waals surface area contributed by atoms with Crippen molar-refractivity contribution < 1.29 is 28.6 Å². The number of carbonyl (C=O) groups is 3. The number of nitrogens with zero attached hydrogens (tertiary/aromatic N) is 1. The normalized spacial score (nSPS) is 15.7. The van der Waals surface area contributed by atoms with E-state index in [2.05, 4.69) is 10.9 Å². The van der Waals surface area contributed by atoms with Crippen LogP contribution in [0.5, 0.6) is 17.2 Å². The van der Waals surface area contributed by atoms with Crippen molar-refractivity contribution in [3.05, 3.63) is 40.1 Å². The summed E-state index contributed by atoms with van der Waals surface area (Å²) in [5.74, 6) is -0.337. The van der Waals surface area contributed by atoms with Gasteiger partial charge in [-0.3, -0.25) is 25.2 Å². The topological polar surface area (TPSA) is 106 Å². The maximum atomic E-state index is 12.6. The molecule has 1 atom stereocenters. The Morgan fingerprint density at radius 3 is 2.35 bits per heavy atom. The molecule has 0 radical (unpaired) electrons. The van der Waals surface area contributed by atoms with E-state index < -0.39 is 11.8 Å². The number of hydrogen-bond acceptors (Lipinski definition) is 7. The molecule has 9 nitrogen and oxygen atoms in total. The van der Waals surface area contributed by atoms with Crippen molar-refractivity contribution in [2.24, 2.45) is 5.92 Å². The molecule has 166 valence electrons. The average molecular weight is 448 g/mol. The van der Waals surface area contributed by atoms with Gasteiger partial charge in [-0.15, -0.1) is 11.3 Å². The lowest BCUT2D eigenvalue weighted by Gasteiger charge is -2.31. The van der Waals surface area contributed by atoms with Crippen LogP contribution in [-0.2, 0) is 4.79 Å². The molecule has 1 saturated heterocycles. The molecule has 0 bridgehead atoms. The van der Waals surface area contributed by atoms with Gasteiger partial charge >= 0.3 is 0 Å². The minimum atomic E-state index is -0.532. The smallest absolute Gasteiger partial charge is 0.269 e. The first kappa shape index (κ1) is 22.4. The summed E-state index contributed by atoms with van der Waals surface area (Å²) in [7, 11) is 4.37. The first-order valence-corrected chi connectivity index (χ1v) is 10.6. The number of carbonyl (C=O) groups excluding carboxylic acids is 3. The molecule has 1 aromatic heterocycles. The van der Waals surface area contributed by atoms with E-state index in [1.165, 1.54) is 44.8 Å². The number of amides is 3. The molecule has 0 saturated carbocycles. The van der Waals surface area contributed by atoms with Gasteiger partial charge in [0, 0.05) is 18.7 Å². The Balaban J connectivity index is 1.61. The summed E-state index contributed by atoms with van der Waals surface area (Å²) in [5, 5.41) is 1.85. The molecular formula is C21H25N3O6S. The van der Waals surface area contributed by atoms with Gasteiger partial charge < -0.3 is 19.1 Å². The van der Waals surface area contributed by atoms with E-state index in [1.54, 1.807) is 11.0 Å². The molecule has 3 amide bonds. The standard InChI is InChI=1S/C21H25N3O6S/c1-28-15-10-14(11-16(29-2)18(15)30-3)20(26)23-22-19(25)13-6-4-8-24(12-13)21(27)17-7-5-9-31-17/h5,7,9-11,13H,4,6,8,12H2,1-3H3,(H,22,25)(H,23,26). The Bertz CT molecular complexity index is 922. The van der Waals surface area contributed by atoms with Gasteiger partial charge in [0.2, 0.25) is 11.7 Å². The molecule has 10 heteroatoms. The highest BCUT2D eigenvalue weighted by atomic mass is 32.1. The molecule has 2 aromatic rings. The third-order valence-electron chi connectivity index (χ3n) is 5.04. The average Bonchev–Trinajstić information content (AvgIpc) is 3.35. The van der Waals surface area contributed by atoms with Crippen LogP contribution >= 0.6 is 11.3 Å². The first-order chi connectivity index (χ1) is 15.0. The van der Waals surface area contributed by atoms with Crippen molar-refractivity contribution in [2.45, 2.75) is 12.8 Å². The molecule has 1 aromatic carbocycles. The number of ether oxygens (including phenoxy) is 3. The van der Waals surface area contributed by atoms with Gasteiger partial charge in [-0.2, -0.15) is 0 Å². The largest absolute Gasteiger partial charge is 0.493 e. The SMILES string of the molecule is COc1cc(C(=O)NNC(=O)C2CCCN(C(=O)c3cccs3)C2)cc(OC)c1OC. The zero-order chi connectivity index (χ0) is 22.4. The highest BCUT2D eigenvalue weighted by Crippen LogP contribution is 2.38. The van der Waals surface area contributed by atoms with Gasteiger partial charge in [0.15, 0.2) is 11.5 Å². The van der Waals surface area contributed by atoms with Crippen molar-refractivity contribution >= 4 is 29.1 Å². The summed E-state index contributed by atoms with van der Waals surface area (Å²) >= 11 is 1.38. The zero-order valence-electron chi connectivity index (χ0n) is 17.6. The van der Waals surface area contributed by atoms with Crippen molar-refractivity contribution in [3.63, 3.8) is 0 Å².